The SMILES string of the molecule is Cn1nnnc1N1CCc2ccccc2C(NC(=O)c2ccccc2)C1. The molecule has 0 fully saturated rings. The average molecular weight is 348 g/mol. The van der Waals surface area contributed by atoms with E-state index in [4.69, 9.17) is 0 Å². The van der Waals surface area contributed by atoms with Crippen LogP contribution in [0.15, 0.2) is 54.6 Å². The highest BCUT2D eigenvalue weighted by Gasteiger charge is 2.26. The van der Waals surface area contributed by atoms with Gasteiger partial charge in [0.2, 0.25) is 5.95 Å². The lowest BCUT2D eigenvalue weighted by molar-refractivity contribution is 0.0937. The molecule has 0 radical (unpaired) electrons. The van der Waals surface area contributed by atoms with Crippen molar-refractivity contribution < 1.29 is 4.79 Å². The number of nitrogens with zero attached hydrogens (tertiary/aromatic N) is 5. The second kappa shape index (κ2) is 6.95. The molecule has 26 heavy (non-hydrogen) atoms. The number of carbonyl (C=O) groups is 1. The van der Waals surface area contributed by atoms with Gasteiger partial charge in [-0.05, 0) is 40.1 Å². The summed E-state index contributed by atoms with van der Waals surface area (Å²) in [6.07, 6.45) is 0.876. The van der Waals surface area contributed by atoms with Gasteiger partial charge in [-0.2, -0.15) is 0 Å². The molecule has 2 aromatic carbocycles. The lowest BCUT2D eigenvalue weighted by Crippen LogP contribution is -2.38. The molecule has 2 heterocycles. The number of benzene rings is 2. The molecule has 7 heteroatoms. The second-order valence-electron chi connectivity index (χ2n) is 6.39. The molecular weight excluding hydrogens is 328 g/mol. The van der Waals surface area contributed by atoms with Gasteiger partial charge in [-0.3, -0.25) is 4.79 Å². The maximum absolute atomic E-state index is 12.7. The minimum absolute atomic E-state index is 0.0802. The number of amides is 1. The van der Waals surface area contributed by atoms with Gasteiger partial charge in [0.15, 0.2) is 0 Å². The van der Waals surface area contributed by atoms with E-state index >= 15 is 0 Å². The first kappa shape index (κ1) is 16.3. The van der Waals surface area contributed by atoms with E-state index in [9.17, 15) is 4.79 Å². The molecule has 0 spiro atoms. The first-order chi connectivity index (χ1) is 12.7. The van der Waals surface area contributed by atoms with Crippen LogP contribution in [0.4, 0.5) is 5.95 Å². The third-order valence-electron chi connectivity index (χ3n) is 4.71. The van der Waals surface area contributed by atoms with Crippen LogP contribution in [-0.2, 0) is 13.5 Å². The van der Waals surface area contributed by atoms with Crippen LogP contribution < -0.4 is 10.2 Å². The summed E-state index contributed by atoms with van der Waals surface area (Å²) in [5.41, 5.74) is 3.04. The predicted molar refractivity (Wildman–Crippen MR) is 97.8 cm³/mol. The Bertz CT molecular complexity index is 907. The van der Waals surface area contributed by atoms with Gasteiger partial charge in [0.1, 0.15) is 0 Å². The van der Waals surface area contributed by atoms with Gasteiger partial charge in [-0.25, -0.2) is 4.68 Å². The first-order valence-electron chi connectivity index (χ1n) is 8.63. The fraction of sp³-hybridized carbons (Fsp3) is 0.263. The number of fused-ring (bicyclic) bond motifs is 1. The second-order valence-corrected chi connectivity index (χ2v) is 6.39. The molecule has 0 saturated heterocycles. The minimum Gasteiger partial charge on any atom is -0.343 e. The molecule has 3 aromatic rings. The Morgan fingerprint density at radius 3 is 2.65 bits per heavy atom. The molecule has 0 bridgehead atoms. The van der Waals surface area contributed by atoms with Crippen molar-refractivity contribution >= 4 is 11.9 Å². The molecule has 0 saturated carbocycles. The summed E-state index contributed by atoms with van der Waals surface area (Å²) in [5, 5.41) is 15.0. The standard InChI is InChI=1S/C19H20N6O/c1-24-19(21-22-23-24)25-12-11-14-7-5-6-10-16(14)17(13-25)20-18(26)15-8-3-2-4-9-15/h2-10,17H,11-13H2,1H3,(H,20,26). The molecule has 0 aliphatic carbocycles. The monoisotopic (exact) mass is 348 g/mol. The van der Waals surface area contributed by atoms with E-state index in [0.717, 1.165) is 18.5 Å². The number of nitrogens with one attached hydrogen (secondary N) is 1. The summed E-state index contributed by atoms with van der Waals surface area (Å²) in [6.45, 7) is 1.41. The van der Waals surface area contributed by atoms with Crippen LogP contribution in [0.25, 0.3) is 0 Å². The average Bonchev–Trinajstić information content (AvgIpc) is 3.02. The normalized spacial score (nSPS) is 16.7. The van der Waals surface area contributed by atoms with Crippen molar-refractivity contribution in [2.75, 3.05) is 18.0 Å². The molecule has 1 aromatic heterocycles. The minimum atomic E-state index is -0.141. The fourth-order valence-corrected chi connectivity index (χ4v) is 3.40. The molecule has 1 N–H and O–H groups in total. The maximum atomic E-state index is 12.7. The van der Waals surface area contributed by atoms with Crippen LogP contribution in [0.1, 0.15) is 27.5 Å². The smallest absolute Gasteiger partial charge is 0.251 e. The summed E-state index contributed by atoms with van der Waals surface area (Å²) in [7, 11) is 1.82. The Kier molecular flexibility index (Phi) is 4.35. The van der Waals surface area contributed by atoms with Crippen molar-refractivity contribution in [1.82, 2.24) is 25.5 Å². The molecular formula is C19H20N6O. The van der Waals surface area contributed by atoms with E-state index in [1.807, 2.05) is 49.5 Å². The molecule has 1 amide bonds. The van der Waals surface area contributed by atoms with Crippen molar-refractivity contribution in [3.63, 3.8) is 0 Å². The zero-order valence-corrected chi connectivity index (χ0v) is 14.5. The zero-order chi connectivity index (χ0) is 17.9. The van der Waals surface area contributed by atoms with Gasteiger partial charge in [-0.1, -0.05) is 47.6 Å². The van der Waals surface area contributed by atoms with Crippen molar-refractivity contribution in [2.45, 2.75) is 12.5 Å². The van der Waals surface area contributed by atoms with Crippen LogP contribution in [0.2, 0.25) is 0 Å². The van der Waals surface area contributed by atoms with E-state index in [-0.39, 0.29) is 11.9 Å². The molecule has 7 nitrogen and oxygen atoms in total. The topological polar surface area (TPSA) is 75.9 Å². The van der Waals surface area contributed by atoms with Gasteiger partial charge < -0.3 is 10.2 Å². The summed E-state index contributed by atoms with van der Waals surface area (Å²) in [5.74, 6) is 0.625. The highest BCUT2D eigenvalue weighted by molar-refractivity contribution is 5.94. The lowest BCUT2D eigenvalue weighted by Gasteiger charge is -2.25. The van der Waals surface area contributed by atoms with Crippen molar-refractivity contribution in [2.24, 2.45) is 7.05 Å². The fourth-order valence-electron chi connectivity index (χ4n) is 3.40. The quantitative estimate of drug-likeness (QED) is 0.780. The Morgan fingerprint density at radius 1 is 1.12 bits per heavy atom. The predicted octanol–water partition coefficient (Wildman–Crippen LogP) is 1.74. The van der Waals surface area contributed by atoms with Crippen molar-refractivity contribution in [3.05, 3.63) is 71.3 Å². The van der Waals surface area contributed by atoms with Gasteiger partial charge in [0.25, 0.3) is 5.91 Å². The molecule has 1 aliphatic heterocycles. The number of hydrogen-bond donors (Lipinski definition) is 1. The molecule has 132 valence electrons. The largest absolute Gasteiger partial charge is 0.343 e. The Hall–Kier alpha value is -3.22. The number of anilines is 1. The van der Waals surface area contributed by atoms with Gasteiger partial charge in [0.05, 0.1) is 6.04 Å². The van der Waals surface area contributed by atoms with Crippen molar-refractivity contribution in [3.8, 4) is 0 Å². The molecule has 4 rings (SSSR count). The Balaban J connectivity index is 1.64. The number of carbonyl (C=O) groups excluding carboxylic acids is 1. The van der Waals surface area contributed by atoms with Gasteiger partial charge >= 0.3 is 0 Å². The summed E-state index contributed by atoms with van der Waals surface area (Å²) >= 11 is 0. The van der Waals surface area contributed by atoms with Crippen molar-refractivity contribution in [1.29, 1.82) is 0 Å². The molecule has 1 aliphatic rings. The van der Waals surface area contributed by atoms with Crippen LogP contribution >= 0.6 is 0 Å². The van der Waals surface area contributed by atoms with E-state index in [1.54, 1.807) is 4.68 Å². The highest BCUT2D eigenvalue weighted by atomic mass is 16.1. The number of rotatable bonds is 3. The van der Waals surface area contributed by atoms with E-state index in [0.29, 0.717) is 18.1 Å². The van der Waals surface area contributed by atoms with E-state index in [2.05, 4.69) is 37.9 Å². The number of hydrogen-bond acceptors (Lipinski definition) is 5. The van der Waals surface area contributed by atoms with E-state index in [1.165, 1.54) is 5.56 Å². The van der Waals surface area contributed by atoms with Crippen LogP contribution in [0.5, 0.6) is 0 Å². The highest BCUT2D eigenvalue weighted by Crippen LogP contribution is 2.26. The van der Waals surface area contributed by atoms with Crippen LogP contribution in [0.3, 0.4) is 0 Å². The Morgan fingerprint density at radius 2 is 1.88 bits per heavy atom. The zero-order valence-electron chi connectivity index (χ0n) is 14.5. The van der Waals surface area contributed by atoms with Gasteiger partial charge in [-0.15, -0.1) is 0 Å². The van der Waals surface area contributed by atoms with Gasteiger partial charge in [0, 0.05) is 25.7 Å². The number of tetrazole rings is 1. The third kappa shape index (κ3) is 3.15. The molecule has 1 atom stereocenters. The molecule has 1 unspecified atom stereocenters. The third-order valence-corrected chi connectivity index (χ3v) is 4.71. The number of aromatic nitrogens is 4. The summed E-state index contributed by atoms with van der Waals surface area (Å²) < 4.78 is 1.66. The van der Waals surface area contributed by atoms with Crippen LogP contribution in [0, 0.1) is 0 Å². The van der Waals surface area contributed by atoms with E-state index < -0.39 is 0 Å². The number of aryl methyl sites for hydroxylation is 1. The maximum Gasteiger partial charge on any atom is 0.251 e. The first-order valence-corrected chi connectivity index (χ1v) is 8.63. The Labute approximate surface area is 151 Å². The summed E-state index contributed by atoms with van der Waals surface area (Å²) in [4.78, 5) is 14.8. The summed E-state index contributed by atoms with van der Waals surface area (Å²) in [6, 6.07) is 17.4. The lowest BCUT2D eigenvalue weighted by atomic mass is 9.99. The van der Waals surface area contributed by atoms with Crippen LogP contribution in [-0.4, -0.2) is 39.2 Å².